The van der Waals surface area contributed by atoms with Gasteiger partial charge in [-0.2, -0.15) is 0 Å². The SMILES string of the molecule is CC1=C(C)C(C)[C]([Zr]([CH3])([CH3])(=[SiH2])[CH]2C=C(c3ccccc3C)c3ccccc32)=C1C. The molecule has 0 aliphatic heterocycles. The van der Waals surface area contributed by atoms with E-state index in [0.717, 1.165) is 0 Å². The van der Waals surface area contributed by atoms with E-state index in [1.807, 2.05) is 3.28 Å². The molecule has 0 fully saturated rings. The van der Waals surface area contributed by atoms with E-state index in [2.05, 4.69) is 105 Å². The third kappa shape index (κ3) is 3.10. The summed E-state index contributed by atoms with van der Waals surface area (Å²) in [6.45, 7) is 14.2. The molecule has 29 heavy (non-hydrogen) atoms. The van der Waals surface area contributed by atoms with Crippen molar-refractivity contribution >= 4 is 12.5 Å². The molecular weight excluding hydrogens is 444 g/mol. The third-order valence-electron chi connectivity index (χ3n) is 7.88. The van der Waals surface area contributed by atoms with Crippen LogP contribution in [0.5, 0.6) is 0 Å². The summed E-state index contributed by atoms with van der Waals surface area (Å²) < 4.78 is 7.77. The van der Waals surface area contributed by atoms with Gasteiger partial charge in [-0.3, -0.25) is 0 Å². The number of fused-ring (bicyclic) bond motifs is 1. The van der Waals surface area contributed by atoms with E-state index in [9.17, 15) is 0 Å². The standard InChI is InChI=1S/C16H13.C9H13.2CH3.H2Si.Zr/c1-12-6-2-4-8-14(12)16-11-10-13-7-3-5-9-15(13)16;1-6-5-7(2)9(4)8(6)3;;;;/h2-11H,1H3;6H,1-4H3;2*1H3;1H2;. The van der Waals surface area contributed by atoms with Crippen LogP contribution in [0.4, 0.5) is 0 Å². The molecule has 2 heteroatoms. The summed E-state index contributed by atoms with van der Waals surface area (Å²) in [6, 6.07) is 18.1. The molecule has 0 heterocycles. The van der Waals surface area contributed by atoms with Gasteiger partial charge in [-0.25, -0.2) is 0 Å². The number of aryl methyl sites for hydroxylation is 1. The van der Waals surface area contributed by atoms with E-state index in [0.29, 0.717) is 9.54 Å². The maximum absolute atomic E-state index is 3.31. The Hall–Kier alpha value is -1.24. The summed E-state index contributed by atoms with van der Waals surface area (Å²) in [5.41, 5.74) is 11.9. The van der Waals surface area contributed by atoms with Gasteiger partial charge >= 0.3 is 180 Å². The van der Waals surface area contributed by atoms with E-state index >= 15 is 0 Å². The molecule has 0 radical (unpaired) electrons. The number of rotatable bonds is 3. The van der Waals surface area contributed by atoms with Gasteiger partial charge < -0.3 is 0 Å². The van der Waals surface area contributed by atoms with E-state index < -0.39 is 17.4 Å². The van der Waals surface area contributed by atoms with Crippen molar-refractivity contribution in [2.75, 3.05) is 0 Å². The Morgan fingerprint density at radius 1 is 0.793 bits per heavy atom. The molecule has 2 aromatic rings. The number of hydrogen-bond donors (Lipinski definition) is 0. The van der Waals surface area contributed by atoms with Gasteiger partial charge in [0.25, 0.3) is 0 Å². The van der Waals surface area contributed by atoms with Crippen molar-refractivity contribution < 1.29 is 17.4 Å². The average molecular weight is 478 g/mol. The second-order valence-electron chi connectivity index (χ2n) is 10.3. The molecule has 0 nitrogen and oxygen atoms in total. The molecule has 0 N–H and O–H groups in total. The van der Waals surface area contributed by atoms with Gasteiger partial charge in [0, 0.05) is 0 Å². The molecule has 0 bridgehead atoms. The van der Waals surface area contributed by atoms with Crippen LogP contribution >= 0.6 is 0 Å². The molecular formula is C27H34SiZr. The van der Waals surface area contributed by atoms with Crippen LogP contribution in [0.25, 0.3) is 5.57 Å². The quantitative estimate of drug-likeness (QED) is 0.414. The third-order valence-corrected chi connectivity index (χ3v) is 25.1. The zero-order valence-electron chi connectivity index (χ0n) is 19.1. The first-order chi connectivity index (χ1) is 13.5. The van der Waals surface area contributed by atoms with Gasteiger partial charge in [-0.05, 0) is 0 Å². The molecule has 0 saturated heterocycles. The zero-order chi connectivity index (χ0) is 21.2. The molecule has 150 valence electrons. The maximum atomic E-state index is 2.69. The van der Waals surface area contributed by atoms with E-state index in [4.69, 9.17) is 0 Å². The molecule has 2 aliphatic rings. The molecule has 0 spiro atoms. The molecule has 2 aliphatic carbocycles. The Labute approximate surface area is 179 Å². The fourth-order valence-electron chi connectivity index (χ4n) is 6.09. The zero-order valence-corrected chi connectivity index (χ0v) is 22.9. The minimum atomic E-state index is -3.31. The topological polar surface area (TPSA) is 0 Å². The summed E-state index contributed by atoms with van der Waals surface area (Å²) in [7, 11) is 0. The molecule has 2 unspecified atom stereocenters. The Kier molecular flexibility index (Phi) is 4.99. The Bertz CT molecular complexity index is 1180. The summed E-state index contributed by atoms with van der Waals surface area (Å²) >= 11 is -3.31. The Morgan fingerprint density at radius 3 is 1.97 bits per heavy atom. The van der Waals surface area contributed by atoms with Crippen molar-refractivity contribution in [3.05, 3.63) is 96.9 Å². The fourth-order valence-corrected chi connectivity index (χ4v) is 24.6. The monoisotopic (exact) mass is 476 g/mol. The van der Waals surface area contributed by atoms with Crippen LogP contribution in [-0.2, 0) is 17.4 Å². The van der Waals surface area contributed by atoms with Crippen molar-refractivity contribution in [1.82, 2.24) is 0 Å². The predicted molar refractivity (Wildman–Crippen MR) is 128 cm³/mol. The Balaban J connectivity index is 1.96. The van der Waals surface area contributed by atoms with E-state index in [1.54, 1.807) is 16.7 Å². The summed E-state index contributed by atoms with van der Waals surface area (Å²) in [5.74, 6) is 0.594. The second kappa shape index (κ2) is 6.89. The fraction of sp³-hybridized carbons (Fsp3) is 0.333. The van der Waals surface area contributed by atoms with Crippen LogP contribution in [-0.4, -0.2) is 6.88 Å². The van der Waals surface area contributed by atoms with Gasteiger partial charge in [-0.15, -0.1) is 0 Å². The minimum absolute atomic E-state index is 0.562. The van der Waals surface area contributed by atoms with Crippen LogP contribution in [0.3, 0.4) is 0 Å². The van der Waals surface area contributed by atoms with Gasteiger partial charge in [0.2, 0.25) is 0 Å². The van der Waals surface area contributed by atoms with Gasteiger partial charge in [0.1, 0.15) is 0 Å². The molecule has 0 aromatic heterocycles. The molecule has 2 aromatic carbocycles. The first kappa shape index (κ1) is 21.0. The van der Waals surface area contributed by atoms with Crippen LogP contribution in [0.2, 0.25) is 9.26 Å². The van der Waals surface area contributed by atoms with Crippen LogP contribution < -0.4 is 0 Å². The normalized spacial score (nSPS) is 22.3. The number of allylic oxidation sites excluding steroid dienone is 5. The van der Waals surface area contributed by atoms with Gasteiger partial charge in [0.15, 0.2) is 0 Å². The van der Waals surface area contributed by atoms with Crippen molar-refractivity contribution in [2.24, 2.45) is 5.92 Å². The molecule has 4 rings (SSSR count). The van der Waals surface area contributed by atoms with Crippen molar-refractivity contribution in [1.29, 1.82) is 0 Å². The summed E-state index contributed by atoms with van der Waals surface area (Å²) in [4.78, 5) is 0. The van der Waals surface area contributed by atoms with Gasteiger partial charge in [0.05, 0.1) is 0 Å². The average Bonchev–Trinajstić information content (AvgIpc) is 3.15. The first-order valence-corrected chi connectivity index (χ1v) is 24.3. The molecule has 0 saturated carbocycles. The number of benzene rings is 2. The summed E-state index contributed by atoms with van der Waals surface area (Å²) in [5, 5.41) is 0. The van der Waals surface area contributed by atoms with Crippen LogP contribution in [0.1, 0.15) is 53.6 Å². The predicted octanol–water partition coefficient (Wildman–Crippen LogP) is 7.08. The van der Waals surface area contributed by atoms with Gasteiger partial charge in [-0.1, -0.05) is 0 Å². The van der Waals surface area contributed by atoms with Crippen molar-refractivity contribution in [3.8, 4) is 0 Å². The molecule has 0 amide bonds. The van der Waals surface area contributed by atoms with Crippen LogP contribution in [0, 0.1) is 12.8 Å². The Morgan fingerprint density at radius 2 is 1.38 bits per heavy atom. The van der Waals surface area contributed by atoms with Crippen molar-refractivity contribution in [3.63, 3.8) is 0 Å². The molecule has 2 atom stereocenters. The first-order valence-electron chi connectivity index (χ1n) is 10.9. The second-order valence-corrected chi connectivity index (χ2v) is 39.9. The van der Waals surface area contributed by atoms with E-state index in [-0.39, 0.29) is 0 Å². The van der Waals surface area contributed by atoms with Crippen LogP contribution in [0.15, 0.2) is 74.6 Å². The van der Waals surface area contributed by atoms with Crippen molar-refractivity contribution in [2.45, 2.75) is 47.5 Å². The summed E-state index contributed by atoms with van der Waals surface area (Å²) in [6.07, 6.45) is 2.65. The van der Waals surface area contributed by atoms with E-state index in [1.165, 1.54) is 27.8 Å². The number of hydrogen-bond acceptors (Lipinski definition) is 0.